The molecule has 5 heteroatoms. The Morgan fingerprint density at radius 3 is 2.72 bits per heavy atom. The van der Waals surface area contributed by atoms with Crippen LogP contribution in [0.25, 0.3) is 0 Å². The fraction of sp³-hybridized carbons (Fsp3) is 0.231. The first kappa shape index (κ1) is 13.1. The number of thiazole rings is 1. The molecule has 0 saturated heterocycles. The maximum atomic E-state index is 11.9. The second-order valence-corrected chi connectivity index (χ2v) is 5.01. The fourth-order valence-corrected chi connectivity index (χ4v) is 2.33. The van der Waals surface area contributed by atoms with Crippen molar-refractivity contribution in [1.29, 1.82) is 0 Å². The largest absolute Gasteiger partial charge is 0.344 e. The van der Waals surface area contributed by atoms with E-state index < -0.39 is 0 Å². The number of halogens is 1. The Balaban J connectivity index is 2.10. The number of benzene rings is 1. The van der Waals surface area contributed by atoms with E-state index >= 15 is 0 Å². The third-order valence-corrected chi connectivity index (χ3v) is 3.49. The van der Waals surface area contributed by atoms with E-state index in [9.17, 15) is 4.79 Å². The van der Waals surface area contributed by atoms with Crippen LogP contribution in [0.2, 0.25) is 5.02 Å². The lowest BCUT2D eigenvalue weighted by atomic mass is 10.0. The number of hydrogen-bond donors (Lipinski definition) is 1. The highest BCUT2D eigenvalue weighted by molar-refractivity contribution is 7.07. The molecule has 1 N–H and O–H groups in total. The number of rotatable bonds is 4. The summed E-state index contributed by atoms with van der Waals surface area (Å²) in [5.74, 6) is -0.141. The SMILES string of the molecule is CCC(NC(=O)c1cscn1)c1ccc(Cl)cc1. The molecular weight excluding hydrogens is 268 g/mol. The lowest BCUT2D eigenvalue weighted by Gasteiger charge is -2.16. The van der Waals surface area contributed by atoms with Gasteiger partial charge in [-0.1, -0.05) is 30.7 Å². The molecule has 1 amide bonds. The van der Waals surface area contributed by atoms with Crippen molar-refractivity contribution >= 4 is 28.8 Å². The second-order valence-electron chi connectivity index (χ2n) is 3.86. The number of nitrogens with zero attached hydrogens (tertiary/aromatic N) is 1. The minimum atomic E-state index is -0.141. The fourth-order valence-electron chi connectivity index (χ4n) is 1.67. The Labute approximate surface area is 115 Å². The average Bonchev–Trinajstić information content (AvgIpc) is 2.91. The summed E-state index contributed by atoms with van der Waals surface area (Å²) < 4.78 is 0. The van der Waals surface area contributed by atoms with Crippen LogP contribution in [0.4, 0.5) is 0 Å². The van der Waals surface area contributed by atoms with Crippen LogP contribution in [0.3, 0.4) is 0 Å². The van der Waals surface area contributed by atoms with E-state index in [0.717, 1.165) is 12.0 Å². The summed E-state index contributed by atoms with van der Waals surface area (Å²) in [5.41, 5.74) is 3.16. The van der Waals surface area contributed by atoms with Crippen LogP contribution < -0.4 is 5.32 Å². The average molecular weight is 281 g/mol. The van der Waals surface area contributed by atoms with Gasteiger partial charge in [0.05, 0.1) is 11.6 Å². The van der Waals surface area contributed by atoms with Crippen molar-refractivity contribution in [2.45, 2.75) is 19.4 Å². The molecule has 2 aromatic rings. The van der Waals surface area contributed by atoms with Gasteiger partial charge >= 0.3 is 0 Å². The van der Waals surface area contributed by atoms with Crippen molar-refractivity contribution in [2.75, 3.05) is 0 Å². The van der Waals surface area contributed by atoms with E-state index in [1.165, 1.54) is 11.3 Å². The lowest BCUT2D eigenvalue weighted by Crippen LogP contribution is -2.28. The molecule has 0 aliphatic carbocycles. The molecule has 0 aliphatic rings. The van der Waals surface area contributed by atoms with Gasteiger partial charge < -0.3 is 5.32 Å². The van der Waals surface area contributed by atoms with Crippen molar-refractivity contribution in [3.63, 3.8) is 0 Å². The van der Waals surface area contributed by atoms with Crippen LogP contribution in [0.5, 0.6) is 0 Å². The quantitative estimate of drug-likeness (QED) is 0.928. The maximum Gasteiger partial charge on any atom is 0.271 e. The van der Waals surface area contributed by atoms with Crippen molar-refractivity contribution in [3.8, 4) is 0 Å². The van der Waals surface area contributed by atoms with Gasteiger partial charge in [0.15, 0.2) is 0 Å². The third kappa shape index (κ3) is 3.09. The van der Waals surface area contributed by atoms with Gasteiger partial charge in [-0.25, -0.2) is 4.98 Å². The van der Waals surface area contributed by atoms with Crippen LogP contribution >= 0.6 is 22.9 Å². The standard InChI is InChI=1S/C13H13ClN2OS/c1-2-11(9-3-5-10(14)6-4-9)16-13(17)12-7-18-8-15-12/h3-8,11H,2H2,1H3,(H,16,17). The molecule has 2 rings (SSSR count). The molecule has 0 fully saturated rings. The summed E-state index contributed by atoms with van der Waals surface area (Å²) in [6, 6.07) is 7.50. The summed E-state index contributed by atoms with van der Waals surface area (Å²) in [4.78, 5) is 15.9. The van der Waals surface area contributed by atoms with Crippen LogP contribution in [0.1, 0.15) is 35.4 Å². The zero-order chi connectivity index (χ0) is 13.0. The number of hydrogen-bond acceptors (Lipinski definition) is 3. The number of nitrogens with one attached hydrogen (secondary N) is 1. The molecule has 0 bridgehead atoms. The predicted octanol–water partition coefficient (Wildman–Crippen LogP) is 3.68. The van der Waals surface area contributed by atoms with E-state index in [0.29, 0.717) is 10.7 Å². The van der Waals surface area contributed by atoms with Crippen molar-refractivity contribution in [2.24, 2.45) is 0 Å². The summed E-state index contributed by atoms with van der Waals surface area (Å²) in [6.07, 6.45) is 0.817. The van der Waals surface area contributed by atoms with E-state index in [1.54, 1.807) is 10.9 Å². The predicted molar refractivity (Wildman–Crippen MR) is 74.1 cm³/mol. The van der Waals surface area contributed by atoms with Gasteiger partial charge in [-0.3, -0.25) is 4.79 Å². The molecule has 0 saturated carbocycles. The molecule has 1 unspecified atom stereocenters. The molecule has 0 aliphatic heterocycles. The third-order valence-electron chi connectivity index (χ3n) is 2.65. The topological polar surface area (TPSA) is 42.0 Å². The maximum absolute atomic E-state index is 11.9. The zero-order valence-corrected chi connectivity index (χ0v) is 11.5. The molecule has 1 atom stereocenters. The van der Waals surface area contributed by atoms with Gasteiger partial charge in [0.25, 0.3) is 5.91 Å². The Morgan fingerprint density at radius 1 is 1.44 bits per heavy atom. The van der Waals surface area contributed by atoms with Crippen LogP contribution in [0, 0.1) is 0 Å². The highest BCUT2D eigenvalue weighted by Gasteiger charge is 2.15. The first-order chi connectivity index (χ1) is 8.70. The Kier molecular flexibility index (Phi) is 4.33. The van der Waals surface area contributed by atoms with E-state index in [1.807, 2.05) is 31.2 Å². The molecular formula is C13H13ClN2OS. The smallest absolute Gasteiger partial charge is 0.271 e. The van der Waals surface area contributed by atoms with E-state index in [4.69, 9.17) is 11.6 Å². The molecule has 1 aromatic heterocycles. The minimum Gasteiger partial charge on any atom is -0.344 e. The van der Waals surface area contributed by atoms with Gasteiger partial charge in [0.2, 0.25) is 0 Å². The molecule has 18 heavy (non-hydrogen) atoms. The Hall–Kier alpha value is -1.39. The first-order valence-corrected chi connectivity index (χ1v) is 6.97. The van der Waals surface area contributed by atoms with Gasteiger partial charge in [-0.05, 0) is 24.1 Å². The summed E-state index contributed by atoms with van der Waals surface area (Å²) in [6.45, 7) is 2.03. The number of carbonyl (C=O) groups excluding carboxylic acids is 1. The zero-order valence-electron chi connectivity index (χ0n) is 9.89. The van der Waals surface area contributed by atoms with Gasteiger partial charge in [-0.2, -0.15) is 0 Å². The van der Waals surface area contributed by atoms with Gasteiger partial charge in [0, 0.05) is 10.4 Å². The minimum absolute atomic E-state index is 0.0172. The van der Waals surface area contributed by atoms with E-state index in [-0.39, 0.29) is 11.9 Å². The summed E-state index contributed by atoms with van der Waals surface area (Å²) in [5, 5.41) is 5.40. The van der Waals surface area contributed by atoms with Crippen molar-refractivity contribution in [3.05, 3.63) is 51.4 Å². The molecule has 0 spiro atoms. The number of carbonyl (C=O) groups is 1. The van der Waals surface area contributed by atoms with Crippen LogP contribution in [0.15, 0.2) is 35.2 Å². The lowest BCUT2D eigenvalue weighted by molar-refractivity contribution is 0.0931. The Bertz CT molecular complexity index is 510. The molecule has 94 valence electrons. The van der Waals surface area contributed by atoms with Crippen molar-refractivity contribution < 1.29 is 4.79 Å². The summed E-state index contributed by atoms with van der Waals surface area (Å²) >= 11 is 7.26. The molecule has 1 heterocycles. The first-order valence-electron chi connectivity index (χ1n) is 5.65. The second kappa shape index (κ2) is 5.98. The van der Waals surface area contributed by atoms with Crippen LogP contribution in [-0.2, 0) is 0 Å². The summed E-state index contributed by atoms with van der Waals surface area (Å²) in [7, 11) is 0. The Morgan fingerprint density at radius 2 is 2.17 bits per heavy atom. The highest BCUT2D eigenvalue weighted by atomic mass is 35.5. The van der Waals surface area contributed by atoms with E-state index in [2.05, 4.69) is 10.3 Å². The molecule has 1 aromatic carbocycles. The van der Waals surface area contributed by atoms with Crippen LogP contribution in [-0.4, -0.2) is 10.9 Å². The molecule has 0 radical (unpaired) electrons. The molecule has 3 nitrogen and oxygen atoms in total. The number of aromatic nitrogens is 1. The highest BCUT2D eigenvalue weighted by Crippen LogP contribution is 2.19. The van der Waals surface area contributed by atoms with Crippen molar-refractivity contribution in [1.82, 2.24) is 10.3 Å². The van der Waals surface area contributed by atoms with Gasteiger partial charge in [0.1, 0.15) is 5.69 Å². The van der Waals surface area contributed by atoms with Gasteiger partial charge in [-0.15, -0.1) is 11.3 Å². The monoisotopic (exact) mass is 280 g/mol. The number of amides is 1. The normalized spacial score (nSPS) is 12.1.